The van der Waals surface area contributed by atoms with Gasteiger partial charge in [0.15, 0.2) is 0 Å². The molecule has 1 fully saturated rings. The number of carbonyl (C=O) groups excluding carboxylic acids is 1. The van der Waals surface area contributed by atoms with Crippen LogP contribution in [0.5, 0.6) is 0 Å². The van der Waals surface area contributed by atoms with Crippen LogP contribution in [-0.2, 0) is 18.4 Å². The van der Waals surface area contributed by atoms with Crippen molar-refractivity contribution in [3.05, 3.63) is 17.5 Å². The number of aromatic nitrogens is 2. The van der Waals surface area contributed by atoms with Gasteiger partial charge in [-0.25, -0.2) is 0 Å². The molecule has 1 aliphatic carbocycles. The van der Waals surface area contributed by atoms with Gasteiger partial charge in [-0.15, -0.1) is 0 Å². The highest BCUT2D eigenvalue weighted by atomic mass is 16.2. The van der Waals surface area contributed by atoms with E-state index in [-0.39, 0.29) is 11.9 Å². The second-order valence-electron chi connectivity index (χ2n) is 4.79. The summed E-state index contributed by atoms with van der Waals surface area (Å²) in [5, 5.41) is 10.5. The number of hydrogen-bond donors (Lipinski definition) is 2. The molecule has 0 spiro atoms. The van der Waals surface area contributed by atoms with Gasteiger partial charge in [-0.3, -0.25) is 9.48 Å². The fourth-order valence-corrected chi connectivity index (χ4v) is 1.73. The van der Waals surface area contributed by atoms with Crippen LogP contribution < -0.4 is 10.6 Å². The normalized spacial score (nSPS) is 16.9. The summed E-state index contributed by atoms with van der Waals surface area (Å²) in [6.45, 7) is 4.52. The van der Waals surface area contributed by atoms with Crippen molar-refractivity contribution in [1.29, 1.82) is 0 Å². The number of nitrogens with zero attached hydrogens (tertiary/aromatic N) is 2. The van der Waals surface area contributed by atoms with Crippen molar-refractivity contribution in [3.8, 4) is 0 Å². The first-order chi connectivity index (χ1) is 8.06. The van der Waals surface area contributed by atoms with Crippen LogP contribution >= 0.6 is 0 Å². The quantitative estimate of drug-likeness (QED) is 0.782. The standard InChI is InChI=1S/C12H20N4O/c1-8-6-11(16(3)15-8)7-13-9(2)12(17)14-10-4-5-10/h6,9-10,13H,4-5,7H2,1-3H3,(H,14,17). The van der Waals surface area contributed by atoms with Crippen LogP contribution in [0, 0.1) is 6.92 Å². The zero-order valence-electron chi connectivity index (χ0n) is 10.7. The van der Waals surface area contributed by atoms with Crippen molar-refractivity contribution < 1.29 is 4.79 Å². The average Bonchev–Trinajstić information content (AvgIpc) is 3.01. The Balaban J connectivity index is 1.80. The molecule has 1 heterocycles. The molecule has 1 aliphatic rings. The van der Waals surface area contributed by atoms with E-state index in [1.165, 1.54) is 0 Å². The van der Waals surface area contributed by atoms with E-state index in [0.29, 0.717) is 12.6 Å². The minimum Gasteiger partial charge on any atom is -0.352 e. The summed E-state index contributed by atoms with van der Waals surface area (Å²) in [7, 11) is 1.92. The highest BCUT2D eigenvalue weighted by Crippen LogP contribution is 2.18. The third-order valence-corrected chi connectivity index (χ3v) is 3.01. The topological polar surface area (TPSA) is 59.0 Å². The van der Waals surface area contributed by atoms with Gasteiger partial charge in [0.05, 0.1) is 17.4 Å². The molecule has 1 amide bonds. The van der Waals surface area contributed by atoms with E-state index in [1.807, 2.05) is 31.6 Å². The highest BCUT2D eigenvalue weighted by molar-refractivity contribution is 5.81. The monoisotopic (exact) mass is 236 g/mol. The third-order valence-electron chi connectivity index (χ3n) is 3.01. The lowest BCUT2D eigenvalue weighted by atomic mass is 10.3. The average molecular weight is 236 g/mol. The molecule has 1 aromatic heterocycles. The molecule has 94 valence electrons. The number of rotatable bonds is 5. The van der Waals surface area contributed by atoms with Crippen LogP contribution in [0.4, 0.5) is 0 Å². The summed E-state index contributed by atoms with van der Waals surface area (Å²) >= 11 is 0. The van der Waals surface area contributed by atoms with Crippen LogP contribution in [0.2, 0.25) is 0 Å². The van der Waals surface area contributed by atoms with Gasteiger partial charge in [-0.2, -0.15) is 5.10 Å². The molecule has 0 aliphatic heterocycles. The van der Waals surface area contributed by atoms with Gasteiger partial charge >= 0.3 is 0 Å². The van der Waals surface area contributed by atoms with Crippen molar-refractivity contribution >= 4 is 5.91 Å². The van der Waals surface area contributed by atoms with Gasteiger partial charge < -0.3 is 10.6 Å². The summed E-state index contributed by atoms with van der Waals surface area (Å²) in [5.41, 5.74) is 2.09. The summed E-state index contributed by atoms with van der Waals surface area (Å²) < 4.78 is 1.84. The van der Waals surface area contributed by atoms with Crippen molar-refractivity contribution in [3.63, 3.8) is 0 Å². The van der Waals surface area contributed by atoms with Crippen LogP contribution in [0.3, 0.4) is 0 Å². The van der Waals surface area contributed by atoms with Crippen molar-refractivity contribution in [2.24, 2.45) is 7.05 Å². The van der Waals surface area contributed by atoms with Gasteiger partial charge in [0.1, 0.15) is 0 Å². The van der Waals surface area contributed by atoms with E-state index < -0.39 is 0 Å². The highest BCUT2D eigenvalue weighted by Gasteiger charge is 2.25. The second-order valence-corrected chi connectivity index (χ2v) is 4.79. The van der Waals surface area contributed by atoms with E-state index in [2.05, 4.69) is 15.7 Å². The first-order valence-corrected chi connectivity index (χ1v) is 6.09. The van der Waals surface area contributed by atoms with Crippen LogP contribution in [0.25, 0.3) is 0 Å². The van der Waals surface area contributed by atoms with E-state index in [1.54, 1.807) is 0 Å². The molecule has 17 heavy (non-hydrogen) atoms. The zero-order valence-corrected chi connectivity index (χ0v) is 10.7. The maximum absolute atomic E-state index is 11.7. The van der Waals surface area contributed by atoms with E-state index in [0.717, 1.165) is 24.2 Å². The third kappa shape index (κ3) is 3.30. The fourth-order valence-electron chi connectivity index (χ4n) is 1.73. The van der Waals surface area contributed by atoms with Gasteiger partial charge in [0.25, 0.3) is 0 Å². The summed E-state index contributed by atoms with van der Waals surface area (Å²) in [5.74, 6) is 0.0893. The molecule has 0 saturated heterocycles. The maximum Gasteiger partial charge on any atom is 0.237 e. The molecule has 0 bridgehead atoms. The molecule has 1 atom stereocenters. The molecule has 1 aromatic rings. The van der Waals surface area contributed by atoms with E-state index in [4.69, 9.17) is 0 Å². The molecule has 1 unspecified atom stereocenters. The van der Waals surface area contributed by atoms with Crippen LogP contribution in [0.1, 0.15) is 31.2 Å². The lowest BCUT2D eigenvalue weighted by Gasteiger charge is -2.13. The Morgan fingerprint density at radius 1 is 1.65 bits per heavy atom. The van der Waals surface area contributed by atoms with Crippen LogP contribution in [-0.4, -0.2) is 27.8 Å². The Labute approximate surface area is 102 Å². The Morgan fingerprint density at radius 2 is 2.35 bits per heavy atom. The van der Waals surface area contributed by atoms with E-state index >= 15 is 0 Å². The Hall–Kier alpha value is -1.36. The Morgan fingerprint density at radius 3 is 2.88 bits per heavy atom. The molecular weight excluding hydrogens is 216 g/mol. The Kier molecular flexibility index (Phi) is 3.47. The Bertz CT molecular complexity index is 409. The number of nitrogens with one attached hydrogen (secondary N) is 2. The SMILES string of the molecule is Cc1cc(CNC(C)C(=O)NC2CC2)n(C)n1. The van der Waals surface area contributed by atoms with Gasteiger partial charge in [0, 0.05) is 19.6 Å². The summed E-state index contributed by atoms with van der Waals surface area (Å²) in [6, 6.07) is 2.29. The first-order valence-electron chi connectivity index (χ1n) is 6.09. The van der Waals surface area contributed by atoms with Gasteiger partial charge in [-0.1, -0.05) is 0 Å². The number of carbonyl (C=O) groups is 1. The first kappa shape index (κ1) is 12.1. The molecular formula is C12H20N4O. The largest absolute Gasteiger partial charge is 0.352 e. The van der Waals surface area contributed by atoms with Crippen molar-refractivity contribution in [2.45, 2.75) is 45.3 Å². The van der Waals surface area contributed by atoms with Gasteiger partial charge in [-0.05, 0) is 32.8 Å². The smallest absolute Gasteiger partial charge is 0.237 e. The number of aryl methyl sites for hydroxylation is 2. The molecule has 5 nitrogen and oxygen atoms in total. The van der Waals surface area contributed by atoms with Crippen molar-refractivity contribution in [2.75, 3.05) is 0 Å². The summed E-state index contributed by atoms with van der Waals surface area (Å²) in [6.07, 6.45) is 2.25. The minimum atomic E-state index is -0.161. The molecule has 0 radical (unpaired) electrons. The van der Waals surface area contributed by atoms with E-state index in [9.17, 15) is 4.79 Å². The molecule has 5 heteroatoms. The summed E-state index contributed by atoms with van der Waals surface area (Å²) in [4.78, 5) is 11.7. The minimum absolute atomic E-state index is 0.0893. The van der Waals surface area contributed by atoms with Gasteiger partial charge in [0.2, 0.25) is 5.91 Å². The molecule has 1 saturated carbocycles. The second kappa shape index (κ2) is 4.87. The zero-order chi connectivity index (χ0) is 12.4. The lowest BCUT2D eigenvalue weighted by Crippen LogP contribution is -2.42. The number of amides is 1. The molecule has 2 N–H and O–H groups in total. The molecule has 0 aromatic carbocycles. The predicted octanol–water partition coefficient (Wildman–Crippen LogP) is 0.485. The van der Waals surface area contributed by atoms with Crippen molar-refractivity contribution in [1.82, 2.24) is 20.4 Å². The maximum atomic E-state index is 11.7. The predicted molar refractivity (Wildman–Crippen MR) is 65.4 cm³/mol. The van der Waals surface area contributed by atoms with Crippen LogP contribution in [0.15, 0.2) is 6.07 Å². The lowest BCUT2D eigenvalue weighted by molar-refractivity contribution is -0.122. The number of hydrogen-bond acceptors (Lipinski definition) is 3. The molecule has 2 rings (SSSR count). The fraction of sp³-hybridized carbons (Fsp3) is 0.667.